The van der Waals surface area contributed by atoms with E-state index >= 15 is 0 Å². The molecule has 0 spiro atoms. The first-order chi connectivity index (χ1) is 21.1. The van der Waals surface area contributed by atoms with Gasteiger partial charge >= 0.3 is 5.97 Å². The summed E-state index contributed by atoms with van der Waals surface area (Å²) in [4.78, 5) is 29.7. The van der Waals surface area contributed by atoms with Crippen LogP contribution in [-0.4, -0.2) is 86.6 Å². The Hall–Kier alpha value is -3.46. The van der Waals surface area contributed by atoms with Gasteiger partial charge < -0.3 is 19.6 Å². The molecule has 0 saturated carbocycles. The smallest absolute Gasteiger partial charge is 0.304 e. The van der Waals surface area contributed by atoms with Crippen LogP contribution in [-0.2, 0) is 39.0 Å². The van der Waals surface area contributed by atoms with E-state index in [9.17, 15) is 31.9 Å². The number of quaternary nitrogens is 1. The summed E-state index contributed by atoms with van der Waals surface area (Å²) in [6, 6.07) is 7.27. The summed E-state index contributed by atoms with van der Waals surface area (Å²) in [6.07, 6.45) is 0.933. The zero-order valence-corrected chi connectivity index (χ0v) is 27.2. The molecule has 0 radical (unpaired) electrons. The minimum absolute atomic E-state index is 0.00746. The molecule has 2 aliphatic rings. The monoisotopic (exact) mass is 663 g/mol. The normalized spacial score (nSPS) is 17.2. The van der Waals surface area contributed by atoms with Crippen LogP contribution in [0, 0.1) is 17.0 Å². The van der Waals surface area contributed by atoms with Crippen molar-refractivity contribution >= 4 is 33.2 Å². The summed E-state index contributed by atoms with van der Waals surface area (Å²) < 4.78 is 62.8. The Morgan fingerprint density at radius 2 is 1.73 bits per heavy atom. The summed E-state index contributed by atoms with van der Waals surface area (Å²) in [6.45, 7) is 0.816. The Morgan fingerprint density at radius 3 is 2.29 bits per heavy atom. The van der Waals surface area contributed by atoms with Crippen molar-refractivity contribution in [3.8, 4) is 17.0 Å². The largest absolute Gasteiger partial charge is 0.495 e. The Kier molecular flexibility index (Phi) is 9.06. The third kappa shape index (κ3) is 6.74. The predicted molar refractivity (Wildman–Crippen MR) is 164 cm³/mol. The SMILES string of the molecule is COc1ccc(-c2csc(CNC(=O)C3(CC(=O)O)Cc4cc(F)c(F)cc4C3)n2)cc1S(=O)(=O)N1CCC([N+](C)(C)C)CC1. The second kappa shape index (κ2) is 12.4. The summed E-state index contributed by atoms with van der Waals surface area (Å²) in [5.74, 6) is -3.61. The minimum atomic E-state index is -3.85. The topological polar surface area (TPSA) is 126 Å². The molecule has 45 heavy (non-hydrogen) atoms. The van der Waals surface area contributed by atoms with Crippen molar-refractivity contribution in [2.24, 2.45) is 5.41 Å². The molecule has 242 valence electrons. The van der Waals surface area contributed by atoms with Crippen LogP contribution in [0.3, 0.4) is 0 Å². The van der Waals surface area contributed by atoms with Gasteiger partial charge in [0.15, 0.2) is 11.6 Å². The van der Waals surface area contributed by atoms with E-state index in [1.54, 1.807) is 23.6 Å². The molecule has 2 heterocycles. The van der Waals surface area contributed by atoms with E-state index in [1.165, 1.54) is 22.8 Å². The number of carboxylic acids is 1. The highest BCUT2D eigenvalue weighted by atomic mass is 32.2. The highest BCUT2D eigenvalue weighted by molar-refractivity contribution is 7.89. The number of hydrogen-bond donors (Lipinski definition) is 2. The lowest BCUT2D eigenvalue weighted by atomic mass is 9.80. The first kappa shape index (κ1) is 32.9. The average molecular weight is 664 g/mol. The number of amides is 1. The number of halogens is 2. The van der Waals surface area contributed by atoms with Gasteiger partial charge in [-0.15, -0.1) is 11.3 Å². The fourth-order valence-corrected chi connectivity index (χ4v) is 8.70. The van der Waals surface area contributed by atoms with Crippen LogP contribution < -0.4 is 10.1 Å². The molecule has 1 amide bonds. The number of thiazole rings is 1. The fraction of sp³-hybridized carbons (Fsp3) is 0.452. The molecule has 1 fully saturated rings. The second-order valence-corrected chi connectivity index (χ2v) is 15.5. The van der Waals surface area contributed by atoms with Gasteiger partial charge in [0, 0.05) is 36.9 Å². The number of aromatic nitrogens is 1. The molecule has 2 N–H and O–H groups in total. The zero-order valence-electron chi connectivity index (χ0n) is 25.6. The number of methoxy groups -OCH3 is 1. The molecule has 14 heteroatoms. The number of ether oxygens (including phenoxy) is 1. The molecule has 0 unspecified atom stereocenters. The van der Waals surface area contributed by atoms with E-state index in [4.69, 9.17) is 4.74 Å². The number of hydrogen-bond acceptors (Lipinski definition) is 7. The van der Waals surface area contributed by atoms with Gasteiger partial charge in [-0.1, -0.05) is 0 Å². The molecule has 1 saturated heterocycles. The maximum atomic E-state index is 13.8. The lowest BCUT2D eigenvalue weighted by Crippen LogP contribution is -2.52. The highest BCUT2D eigenvalue weighted by Crippen LogP contribution is 2.41. The number of nitrogens with zero attached hydrogens (tertiary/aromatic N) is 3. The van der Waals surface area contributed by atoms with E-state index < -0.39 is 45.4 Å². The van der Waals surface area contributed by atoms with E-state index in [0.29, 0.717) is 46.5 Å². The second-order valence-electron chi connectivity index (χ2n) is 12.7. The first-order valence-electron chi connectivity index (χ1n) is 14.5. The van der Waals surface area contributed by atoms with E-state index in [0.717, 1.165) is 29.5 Å². The Morgan fingerprint density at radius 1 is 1.11 bits per heavy atom. The minimum Gasteiger partial charge on any atom is -0.495 e. The number of carboxylic acid groups (broad SMARTS) is 1. The van der Waals surface area contributed by atoms with Gasteiger partial charge in [-0.05, 0) is 54.3 Å². The maximum Gasteiger partial charge on any atom is 0.304 e. The lowest BCUT2D eigenvalue weighted by Gasteiger charge is -2.39. The van der Waals surface area contributed by atoms with Crippen LogP contribution in [0.5, 0.6) is 5.75 Å². The quantitative estimate of drug-likeness (QED) is 0.316. The molecule has 1 aromatic heterocycles. The highest BCUT2D eigenvalue weighted by Gasteiger charge is 2.46. The maximum absolute atomic E-state index is 13.8. The van der Waals surface area contributed by atoms with Crippen molar-refractivity contribution in [1.82, 2.24) is 14.6 Å². The molecular weight excluding hydrogens is 626 g/mol. The van der Waals surface area contributed by atoms with E-state index in [-0.39, 0.29) is 30.0 Å². The van der Waals surface area contributed by atoms with E-state index in [1.807, 2.05) is 0 Å². The van der Waals surface area contributed by atoms with Crippen molar-refractivity contribution in [2.75, 3.05) is 41.3 Å². The van der Waals surface area contributed by atoms with Gasteiger partial charge in [-0.3, -0.25) is 9.59 Å². The number of benzene rings is 2. The summed E-state index contributed by atoms with van der Waals surface area (Å²) in [5, 5.41) is 14.6. The van der Waals surface area contributed by atoms with Crippen molar-refractivity contribution in [3.63, 3.8) is 0 Å². The lowest BCUT2D eigenvalue weighted by molar-refractivity contribution is -0.897. The standard InChI is InChI=1S/C31H36F2N4O6S2/c1-37(2,3)22-7-9-36(10-8-22)45(41,42)27-13-19(5-6-26(27)43-4)25-18-44-28(35-25)17-34-30(40)31(16-29(38)39)14-20-11-23(32)24(33)12-21(20)15-31/h5-6,11-13,18,22H,7-10,14-17H2,1-4H3,(H-,34,38,39,40)/p+1. The Labute approximate surface area is 265 Å². The summed E-state index contributed by atoms with van der Waals surface area (Å²) >= 11 is 1.25. The number of nitrogens with one attached hydrogen (secondary N) is 1. The summed E-state index contributed by atoms with van der Waals surface area (Å²) in [7, 11) is 3.91. The molecular formula is C31H37F2N4O6S2+. The fourth-order valence-electron chi connectivity index (χ4n) is 6.31. The van der Waals surface area contributed by atoms with Gasteiger partial charge in [-0.2, -0.15) is 4.31 Å². The van der Waals surface area contributed by atoms with Crippen molar-refractivity contribution in [2.45, 2.75) is 49.6 Å². The van der Waals surface area contributed by atoms with Crippen LogP contribution in [0.25, 0.3) is 11.3 Å². The van der Waals surface area contributed by atoms with Crippen LogP contribution in [0.4, 0.5) is 8.78 Å². The van der Waals surface area contributed by atoms with Crippen LogP contribution in [0.15, 0.2) is 40.6 Å². The molecule has 0 bridgehead atoms. The number of fused-ring (bicyclic) bond motifs is 1. The average Bonchev–Trinajstić information content (AvgIpc) is 3.60. The molecule has 1 aliphatic heterocycles. The molecule has 1 aliphatic carbocycles. The molecule has 3 aromatic rings. The predicted octanol–water partition coefficient (Wildman–Crippen LogP) is 3.83. The van der Waals surface area contributed by atoms with Gasteiger partial charge in [0.2, 0.25) is 15.9 Å². The molecule has 10 nitrogen and oxygen atoms in total. The Balaban J connectivity index is 1.31. The zero-order chi connectivity index (χ0) is 32.7. The number of aliphatic carboxylic acids is 1. The number of rotatable bonds is 10. The third-order valence-corrected chi connectivity index (χ3v) is 11.6. The van der Waals surface area contributed by atoms with Crippen molar-refractivity contribution < 1.29 is 41.1 Å². The van der Waals surface area contributed by atoms with Gasteiger partial charge in [0.25, 0.3) is 0 Å². The van der Waals surface area contributed by atoms with Crippen LogP contribution in [0.1, 0.15) is 35.4 Å². The van der Waals surface area contributed by atoms with Crippen molar-refractivity contribution in [1.29, 1.82) is 0 Å². The van der Waals surface area contributed by atoms with Gasteiger partial charge in [0.05, 0.1) is 58.4 Å². The summed E-state index contributed by atoms with van der Waals surface area (Å²) in [5.41, 5.74) is 0.483. The molecule has 5 rings (SSSR count). The number of piperidine rings is 1. The number of carbonyl (C=O) groups is 2. The third-order valence-electron chi connectivity index (χ3n) is 8.82. The molecule has 0 atom stereocenters. The first-order valence-corrected chi connectivity index (χ1v) is 16.9. The Bertz CT molecular complexity index is 1700. The van der Waals surface area contributed by atoms with Crippen LogP contribution in [0.2, 0.25) is 0 Å². The number of sulfonamides is 1. The van der Waals surface area contributed by atoms with E-state index in [2.05, 4.69) is 31.4 Å². The van der Waals surface area contributed by atoms with Crippen LogP contribution >= 0.6 is 11.3 Å². The van der Waals surface area contributed by atoms with Gasteiger partial charge in [0.1, 0.15) is 15.7 Å². The number of carbonyl (C=O) groups excluding carboxylic acids is 1. The van der Waals surface area contributed by atoms with Crippen molar-refractivity contribution in [3.05, 3.63) is 63.5 Å². The molecule has 2 aromatic carbocycles. The van der Waals surface area contributed by atoms with Gasteiger partial charge in [-0.25, -0.2) is 22.2 Å².